The maximum Gasteiger partial charge on any atom is 0.271 e. The number of rotatable bonds is 8. The summed E-state index contributed by atoms with van der Waals surface area (Å²) in [7, 11) is 0. The highest BCUT2D eigenvalue weighted by molar-refractivity contribution is 6.52. The Bertz CT molecular complexity index is 831. The summed E-state index contributed by atoms with van der Waals surface area (Å²) < 4.78 is 11.1. The van der Waals surface area contributed by atoms with Crippen LogP contribution in [-0.4, -0.2) is 30.6 Å². The smallest absolute Gasteiger partial charge is 0.271 e. The van der Waals surface area contributed by atoms with Gasteiger partial charge in [0.2, 0.25) is 0 Å². The van der Waals surface area contributed by atoms with E-state index in [1.165, 1.54) is 0 Å². The Morgan fingerprint density at radius 2 is 1.67 bits per heavy atom. The van der Waals surface area contributed by atoms with Crippen molar-refractivity contribution in [3.8, 4) is 11.5 Å². The van der Waals surface area contributed by atoms with E-state index in [0.29, 0.717) is 37.7 Å². The Hall–Kier alpha value is -1.40. The van der Waals surface area contributed by atoms with E-state index in [1.807, 2.05) is 32.0 Å². The van der Waals surface area contributed by atoms with Crippen LogP contribution in [0.2, 0.25) is 20.2 Å². The summed E-state index contributed by atoms with van der Waals surface area (Å²) in [5.74, 6) is 0.870. The lowest BCUT2D eigenvalue weighted by molar-refractivity contribution is 0.0949. The third-order valence-electron chi connectivity index (χ3n) is 3.51. The average molecular weight is 452 g/mol. The van der Waals surface area contributed by atoms with E-state index in [2.05, 4.69) is 10.3 Å². The number of halogens is 4. The monoisotopic (exact) mass is 450 g/mol. The Balaban J connectivity index is 2.04. The number of carbonyl (C=O) groups excluding carboxylic acids is 1. The fourth-order valence-corrected chi connectivity index (χ4v) is 3.11. The molecule has 5 nitrogen and oxygen atoms in total. The average Bonchev–Trinajstić information content (AvgIpc) is 2.65. The zero-order valence-corrected chi connectivity index (χ0v) is 17.8. The minimum Gasteiger partial charge on any atom is -0.490 e. The Labute approximate surface area is 177 Å². The molecule has 9 heteroatoms. The molecule has 0 bridgehead atoms. The number of carbonyl (C=O) groups is 1. The van der Waals surface area contributed by atoms with E-state index in [4.69, 9.17) is 55.9 Å². The Kier molecular flexibility index (Phi) is 8.29. The first-order valence-electron chi connectivity index (χ1n) is 8.25. The van der Waals surface area contributed by atoms with Crippen LogP contribution in [0.15, 0.2) is 18.2 Å². The molecule has 0 saturated heterocycles. The van der Waals surface area contributed by atoms with E-state index >= 15 is 0 Å². The molecule has 0 spiro atoms. The van der Waals surface area contributed by atoms with E-state index < -0.39 is 5.91 Å². The second-order valence-electron chi connectivity index (χ2n) is 5.35. The van der Waals surface area contributed by atoms with Crippen LogP contribution in [-0.2, 0) is 6.42 Å². The number of pyridine rings is 1. The van der Waals surface area contributed by atoms with Gasteiger partial charge in [0.05, 0.1) is 28.3 Å². The zero-order chi connectivity index (χ0) is 20.0. The summed E-state index contributed by atoms with van der Waals surface area (Å²) in [5.41, 5.74) is 0.909. The fraction of sp³-hybridized carbons (Fsp3) is 0.333. The van der Waals surface area contributed by atoms with Crippen LogP contribution < -0.4 is 14.8 Å². The highest BCUT2D eigenvalue weighted by Gasteiger charge is 2.20. The van der Waals surface area contributed by atoms with Crippen molar-refractivity contribution in [1.82, 2.24) is 10.3 Å². The molecular formula is C18H18Cl4N2O3. The summed E-state index contributed by atoms with van der Waals surface area (Å²) in [6.45, 7) is 5.25. The largest absolute Gasteiger partial charge is 0.490 e. The molecular weight excluding hydrogens is 434 g/mol. The molecule has 1 N–H and O–H groups in total. The van der Waals surface area contributed by atoms with Gasteiger partial charge in [-0.05, 0) is 38.0 Å². The highest BCUT2D eigenvalue weighted by atomic mass is 35.5. The maximum atomic E-state index is 12.3. The van der Waals surface area contributed by atoms with Gasteiger partial charge in [-0.2, -0.15) is 0 Å². The third-order valence-corrected chi connectivity index (χ3v) is 5.18. The molecule has 0 saturated carbocycles. The number of hydrogen-bond acceptors (Lipinski definition) is 4. The predicted molar refractivity (Wildman–Crippen MR) is 109 cm³/mol. The molecule has 1 heterocycles. The summed E-state index contributed by atoms with van der Waals surface area (Å²) >= 11 is 23.7. The molecule has 0 aliphatic heterocycles. The standard InChI is InChI=1S/C18H18Cl4N2O3/c1-3-26-11-6-5-10(9-12(11)27-4-2)7-8-23-18(25)16-14(20)13(19)15(21)17(22)24-16/h5-6,9H,3-4,7-8H2,1-2H3,(H,23,25). The number of amides is 1. The quantitative estimate of drug-likeness (QED) is 0.541. The maximum absolute atomic E-state index is 12.3. The van der Waals surface area contributed by atoms with E-state index in [9.17, 15) is 4.79 Å². The van der Waals surface area contributed by atoms with Gasteiger partial charge in [0, 0.05) is 6.54 Å². The van der Waals surface area contributed by atoms with Gasteiger partial charge < -0.3 is 14.8 Å². The second-order valence-corrected chi connectivity index (χ2v) is 6.84. The summed E-state index contributed by atoms with van der Waals surface area (Å²) in [6, 6.07) is 5.66. The molecule has 0 atom stereocenters. The van der Waals surface area contributed by atoms with Crippen LogP contribution in [0.1, 0.15) is 29.9 Å². The molecule has 2 rings (SSSR count). The van der Waals surface area contributed by atoms with Crippen molar-refractivity contribution in [1.29, 1.82) is 0 Å². The molecule has 2 aromatic rings. The van der Waals surface area contributed by atoms with Crippen LogP contribution in [0.5, 0.6) is 11.5 Å². The van der Waals surface area contributed by atoms with Gasteiger partial charge in [0.15, 0.2) is 11.5 Å². The predicted octanol–water partition coefficient (Wildman–Crippen LogP) is 5.47. The number of aromatic nitrogens is 1. The van der Waals surface area contributed by atoms with E-state index in [1.54, 1.807) is 0 Å². The number of ether oxygens (including phenoxy) is 2. The molecule has 0 unspecified atom stereocenters. The van der Waals surface area contributed by atoms with Gasteiger partial charge in [0.25, 0.3) is 5.91 Å². The topological polar surface area (TPSA) is 60.5 Å². The van der Waals surface area contributed by atoms with Crippen LogP contribution in [0, 0.1) is 0 Å². The minimum absolute atomic E-state index is 0.00338. The first-order chi connectivity index (χ1) is 12.9. The molecule has 27 heavy (non-hydrogen) atoms. The number of nitrogens with zero attached hydrogens (tertiary/aromatic N) is 1. The van der Waals surface area contributed by atoms with Crippen molar-refractivity contribution in [3.05, 3.63) is 49.7 Å². The summed E-state index contributed by atoms with van der Waals surface area (Å²) in [5, 5.41) is 2.63. The van der Waals surface area contributed by atoms with Gasteiger partial charge >= 0.3 is 0 Å². The lowest BCUT2D eigenvalue weighted by Crippen LogP contribution is -2.27. The van der Waals surface area contributed by atoms with E-state index in [-0.39, 0.29) is 25.9 Å². The molecule has 0 radical (unpaired) electrons. The summed E-state index contributed by atoms with van der Waals surface area (Å²) in [6.07, 6.45) is 0.574. The summed E-state index contributed by atoms with van der Waals surface area (Å²) in [4.78, 5) is 16.2. The van der Waals surface area contributed by atoms with Gasteiger partial charge in [-0.15, -0.1) is 0 Å². The van der Waals surface area contributed by atoms with E-state index in [0.717, 1.165) is 5.56 Å². The molecule has 1 aromatic carbocycles. The van der Waals surface area contributed by atoms with Crippen molar-refractivity contribution < 1.29 is 14.3 Å². The molecule has 1 aromatic heterocycles. The first kappa shape index (κ1) is 21.9. The highest BCUT2D eigenvalue weighted by Crippen LogP contribution is 2.36. The number of benzene rings is 1. The van der Waals surface area contributed by atoms with Crippen molar-refractivity contribution in [2.75, 3.05) is 19.8 Å². The Morgan fingerprint density at radius 3 is 2.33 bits per heavy atom. The van der Waals surface area contributed by atoms with Crippen molar-refractivity contribution in [2.24, 2.45) is 0 Å². The van der Waals surface area contributed by atoms with Gasteiger partial charge in [-0.1, -0.05) is 52.5 Å². The van der Waals surface area contributed by atoms with Crippen molar-refractivity contribution in [3.63, 3.8) is 0 Å². The van der Waals surface area contributed by atoms with Crippen molar-refractivity contribution >= 4 is 52.3 Å². The molecule has 1 amide bonds. The van der Waals surface area contributed by atoms with Crippen LogP contribution in [0.25, 0.3) is 0 Å². The van der Waals surface area contributed by atoms with Crippen LogP contribution in [0.4, 0.5) is 0 Å². The van der Waals surface area contributed by atoms with Crippen LogP contribution in [0.3, 0.4) is 0 Å². The molecule has 146 valence electrons. The first-order valence-corrected chi connectivity index (χ1v) is 9.76. The normalized spacial score (nSPS) is 10.6. The third kappa shape index (κ3) is 5.55. The zero-order valence-electron chi connectivity index (χ0n) is 14.7. The van der Waals surface area contributed by atoms with Crippen LogP contribution >= 0.6 is 46.4 Å². The lowest BCUT2D eigenvalue weighted by Gasteiger charge is -2.13. The second kappa shape index (κ2) is 10.2. The number of hydrogen-bond donors (Lipinski definition) is 1. The molecule has 0 aliphatic rings. The van der Waals surface area contributed by atoms with Gasteiger partial charge in [-0.25, -0.2) is 4.98 Å². The fourth-order valence-electron chi connectivity index (χ4n) is 2.29. The lowest BCUT2D eigenvalue weighted by atomic mass is 10.1. The van der Waals surface area contributed by atoms with Gasteiger partial charge in [-0.3, -0.25) is 4.79 Å². The minimum atomic E-state index is -0.489. The van der Waals surface area contributed by atoms with Gasteiger partial charge in [0.1, 0.15) is 10.8 Å². The Morgan fingerprint density at radius 1 is 1.00 bits per heavy atom. The molecule has 0 fully saturated rings. The molecule has 0 aliphatic carbocycles. The SMILES string of the molecule is CCOc1ccc(CCNC(=O)c2nc(Cl)c(Cl)c(Cl)c2Cl)cc1OCC. The van der Waals surface area contributed by atoms with Crippen molar-refractivity contribution in [2.45, 2.75) is 20.3 Å². The number of nitrogens with one attached hydrogen (secondary N) is 1.